The molecule has 0 saturated heterocycles. The first-order chi connectivity index (χ1) is 10.3. The van der Waals surface area contributed by atoms with Crippen molar-refractivity contribution >= 4 is 17.7 Å². The fraction of sp³-hybridized carbons (Fsp3) is 0.650. The van der Waals surface area contributed by atoms with Gasteiger partial charge in [0.1, 0.15) is 4.75 Å². The second-order valence-electron chi connectivity index (χ2n) is 8.63. The van der Waals surface area contributed by atoms with E-state index >= 15 is 0 Å². The van der Waals surface area contributed by atoms with Gasteiger partial charge in [-0.1, -0.05) is 61.0 Å². The van der Waals surface area contributed by atoms with Gasteiger partial charge in [0.2, 0.25) is 0 Å². The Morgan fingerprint density at radius 3 is 1.70 bits per heavy atom. The quantitative estimate of drug-likeness (QED) is 0.668. The number of carboxylic acid groups (broad SMARTS) is 1. The van der Waals surface area contributed by atoms with Crippen molar-refractivity contribution in [2.75, 3.05) is 0 Å². The second kappa shape index (κ2) is 6.88. The van der Waals surface area contributed by atoms with E-state index in [2.05, 4.69) is 59.7 Å². The van der Waals surface area contributed by atoms with Crippen LogP contribution >= 0.6 is 11.8 Å². The molecule has 130 valence electrons. The van der Waals surface area contributed by atoms with E-state index in [0.717, 1.165) is 11.3 Å². The smallest absolute Gasteiger partial charge is 0.319 e. The van der Waals surface area contributed by atoms with Gasteiger partial charge in [-0.3, -0.25) is 4.79 Å². The van der Waals surface area contributed by atoms with Crippen LogP contribution in [0.3, 0.4) is 0 Å². The highest BCUT2D eigenvalue weighted by atomic mass is 32.2. The van der Waals surface area contributed by atoms with Crippen LogP contribution < -0.4 is 0 Å². The number of aliphatic carboxylic acids is 1. The Hall–Kier alpha value is -0.960. The van der Waals surface area contributed by atoms with E-state index in [1.165, 1.54) is 22.9 Å². The second-order valence-corrected chi connectivity index (χ2v) is 10.2. The number of hydrogen-bond donors (Lipinski definition) is 1. The lowest BCUT2D eigenvalue weighted by Crippen LogP contribution is -2.31. The molecule has 0 fully saturated rings. The minimum Gasteiger partial charge on any atom is -0.480 e. The standard InChI is InChI=1S/C20H32O2S/c1-9-10-20(8,17(21)22)23-16-12-14(18(2,3)4)11-15(13-16)19(5,6)7/h11-13H,9-10H2,1-8H3,(H,21,22)/t20-/m0/s1. The molecule has 1 N–H and O–H groups in total. The van der Waals surface area contributed by atoms with Gasteiger partial charge in [0, 0.05) is 4.90 Å². The van der Waals surface area contributed by atoms with Gasteiger partial charge in [0.15, 0.2) is 0 Å². The van der Waals surface area contributed by atoms with Gasteiger partial charge in [0.25, 0.3) is 0 Å². The Morgan fingerprint density at radius 2 is 1.39 bits per heavy atom. The van der Waals surface area contributed by atoms with Crippen molar-refractivity contribution in [1.29, 1.82) is 0 Å². The zero-order valence-corrected chi connectivity index (χ0v) is 16.7. The molecule has 0 heterocycles. The number of hydrogen-bond acceptors (Lipinski definition) is 2. The fourth-order valence-corrected chi connectivity index (χ4v) is 3.75. The zero-order chi connectivity index (χ0) is 18.1. The summed E-state index contributed by atoms with van der Waals surface area (Å²) >= 11 is 1.48. The Labute approximate surface area is 146 Å². The summed E-state index contributed by atoms with van der Waals surface area (Å²) in [5.41, 5.74) is 2.61. The summed E-state index contributed by atoms with van der Waals surface area (Å²) < 4.78 is -0.777. The first kappa shape index (κ1) is 20.1. The van der Waals surface area contributed by atoms with Crippen molar-refractivity contribution in [2.24, 2.45) is 0 Å². The predicted molar refractivity (Wildman–Crippen MR) is 101 cm³/mol. The summed E-state index contributed by atoms with van der Waals surface area (Å²) in [5.74, 6) is -0.733. The first-order valence-electron chi connectivity index (χ1n) is 8.38. The number of carboxylic acids is 1. The maximum atomic E-state index is 11.8. The van der Waals surface area contributed by atoms with Gasteiger partial charge in [-0.05, 0) is 47.4 Å². The van der Waals surface area contributed by atoms with E-state index < -0.39 is 10.7 Å². The molecule has 0 unspecified atom stereocenters. The van der Waals surface area contributed by atoms with E-state index in [1.807, 2.05) is 13.8 Å². The van der Waals surface area contributed by atoms with Crippen LogP contribution in [0.25, 0.3) is 0 Å². The van der Waals surface area contributed by atoms with Gasteiger partial charge in [-0.2, -0.15) is 0 Å². The van der Waals surface area contributed by atoms with Crippen LogP contribution in [0.15, 0.2) is 23.1 Å². The van der Waals surface area contributed by atoms with Crippen molar-refractivity contribution in [2.45, 2.75) is 88.7 Å². The maximum Gasteiger partial charge on any atom is 0.319 e. The molecule has 23 heavy (non-hydrogen) atoms. The number of carbonyl (C=O) groups is 1. The zero-order valence-electron chi connectivity index (χ0n) is 15.9. The molecule has 0 bridgehead atoms. The van der Waals surface area contributed by atoms with Gasteiger partial charge in [-0.25, -0.2) is 0 Å². The minimum absolute atomic E-state index is 0.0426. The average Bonchev–Trinajstić information content (AvgIpc) is 2.36. The predicted octanol–water partition coefficient (Wildman–Crippen LogP) is 6.02. The fourth-order valence-electron chi connectivity index (χ4n) is 2.46. The molecule has 1 aromatic rings. The third-order valence-corrected chi connectivity index (χ3v) is 5.46. The van der Waals surface area contributed by atoms with Gasteiger partial charge < -0.3 is 5.11 Å². The SMILES string of the molecule is CCC[C@](C)(Sc1cc(C(C)(C)C)cc(C(C)(C)C)c1)C(=O)O. The van der Waals surface area contributed by atoms with Gasteiger partial charge in [0.05, 0.1) is 0 Å². The number of thioether (sulfide) groups is 1. The van der Waals surface area contributed by atoms with Crippen molar-refractivity contribution < 1.29 is 9.90 Å². The molecular weight excluding hydrogens is 304 g/mol. The van der Waals surface area contributed by atoms with E-state index in [0.29, 0.717) is 6.42 Å². The molecular formula is C20H32O2S. The van der Waals surface area contributed by atoms with Crippen LogP contribution in [-0.2, 0) is 15.6 Å². The van der Waals surface area contributed by atoms with Gasteiger partial charge in [-0.15, -0.1) is 11.8 Å². The minimum atomic E-state index is -0.777. The highest BCUT2D eigenvalue weighted by Gasteiger charge is 2.34. The monoisotopic (exact) mass is 336 g/mol. The third-order valence-electron chi connectivity index (χ3n) is 4.16. The lowest BCUT2D eigenvalue weighted by atomic mass is 9.81. The molecule has 1 aromatic carbocycles. The molecule has 0 radical (unpaired) electrons. The molecule has 0 aliphatic heterocycles. The van der Waals surface area contributed by atoms with Gasteiger partial charge >= 0.3 is 5.97 Å². The molecule has 0 saturated carbocycles. The summed E-state index contributed by atoms with van der Waals surface area (Å²) in [6.45, 7) is 17.1. The molecule has 2 nitrogen and oxygen atoms in total. The van der Waals surface area contributed by atoms with Crippen LogP contribution in [0.1, 0.15) is 79.4 Å². The van der Waals surface area contributed by atoms with Crippen molar-refractivity contribution in [1.82, 2.24) is 0 Å². The lowest BCUT2D eigenvalue weighted by molar-refractivity contribution is -0.139. The molecule has 0 aliphatic carbocycles. The summed E-state index contributed by atoms with van der Waals surface area (Å²) in [5, 5.41) is 9.66. The van der Waals surface area contributed by atoms with E-state index in [9.17, 15) is 9.90 Å². The normalized spacial score (nSPS) is 15.3. The van der Waals surface area contributed by atoms with E-state index in [-0.39, 0.29) is 10.8 Å². The Balaban J connectivity index is 3.38. The first-order valence-corrected chi connectivity index (χ1v) is 9.20. The maximum absolute atomic E-state index is 11.8. The van der Waals surface area contributed by atoms with Crippen LogP contribution in [-0.4, -0.2) is 15.8 Å². The molecule has 1 rings (SSSR count). The molecule has 1 atom stereocenters. The summed E-state index contributed by atoms with van der Waals surface area (Å²) in [4.78, 5) is 12.8. The van der Waals surface area contributed by atoms with Crippen LogP contribution in [0.5, 0.6) is 0 Å². The highest BCUT2D eigenvalue weighted by Crippen LogP contribution is 2.40. The average molecular weight is 337 g/mol. The van der Waals surface area contributed by atoms with Crippen LogP contribution in [0.2, 0.25) is 0 Å². The third kappa shape index (κ3) is 5.27. The Kier molecular flexibility index (Phi) is 6.01. The molecule has 0 amide bonds. The van der Waals surface area contributed by atoms with Crippen molar-refractivity contribution in [3.05, 3.63) is 29.3 Å². The van der Waals surface area contributed by atoms with Crippen molar-refractivity contribution in [3.63, 3.8) is 0 Å². The summed E-state index contributed by atoms with van der Waals surface area (Å²) in [6.07, 6.45) is 1.53. The lowest BCUT2D eigenvalue weighted by Gasteiger charge is -2.29. The Bertz CT molecular complexity index is 532. The molecule has 0 aromatic heterocycles. The Morgan fingerprint density at radius 1 is 0.957 bits per heavy atom. The molecule has 0 spiro atoms. The molecule has 0 aliphatic rings. The number of rotatable bonds is 5. The largest absolute Gasteiger partial charge is 0.480 e. The number of benzene rings is 1. The molecule has 3 heteroatoms. The van der Waals surface area contributed by atoms with E-state index in [1.54, 1.807) is 0 Å². The van der Waals surface area contributed by atoms with Crippen LogP contribution in [0.4, 0.5) is 0 Å². The topological polar surface area (TPSA) is 37.3 Å². The summed E-state index contributed by atoms with van der Waals surface area (Å²) in [7, 11) is 0. The summed E-state index contributed by atoms with van der Waals surface area (Å²) in [6, 6.07) is 6.59. The van der Waals surface area contributed by atoms with Crippen molar-refractivity contribution in [3.8, 4) is 0 Å². The van der Waals surface area contributed by atoms with Crippen LogP contribution in [0, 0.1) is 0 Å². The highest BCUT2D eigenvalue weighted by molar-refractivity contribution is 8.01. The van der Waals surface area contributed by atoms with E-state index in [4.69, 9.17) is 0 Å².